The highest BCUT2D eigenvalue weighted by Gasteiger charge is 2.33. The molecule has 18 heavy (non-hydrogen) atoms. The maximum absolute atomic E-state index is 11.2. The maximum atomic E-state index is 11.2. The van der Waals surface area contributed by atoms with E-state index < -0.39 is 17.4 Å². The predicted molar refractivity (Wildman–Crippen MR) is 67.6 cm³/mol. The van der Waals surface area contributed by atoms with Crippen LogP contribution in [0.25, 0.3) is 0 Å². The first-order chi connectivity index (χ1) is 8.16. The van der Waals surface area contributed by atoms with Crippen LogP contribution in [0.3, 0.4) is 0 Å². The lowest BCUT2D eigenvalue weighted by Gasteiger charge is -2.32. The summed E-state index contributed by atoms with van der Waals surface area (Å²) in [7, 11) is 1.61. The number of pyridine rings is 1. The Morgan fingerprint density at radius 1 is 1.39 bits per heavy atom. The molecule has 0 radical (unpaired) electrons. The van der Waals surface area contributed by atoms with Gasteiger partial charge in [0, 0.05) is 18.3 Å². The summed E-state index contributed by atoms with van der Waals surface area (Å²) in [4.78, 5) is 28.1. The van der Waals surface area contributed by atoms with Gasteiger partial charge in [-0.3, -0.25) is 4.79 Å². The number of carboxylic acids is 1. The fourth-order valence-corrected chi connectivity index (χ4v) is 1.39. The molecule has 1 aromatic rings. The molecule has 1 aromatic heterocycles. The van der Waals surface area contributed by atoms with E-state index >= 15 is 0 Å². The fraction of sp³-hybridized carbons (Fsp3) is 0.417. The third-order valence-electron chi connectivity index (χ3n) is 2.93. The van der Waals surface area contributed by atoms with Crippen molar-refractivity contribution in [2.45, 2.75) is 26.3 Å². The van der Waals surface area contributed by atoms with Crippen LogP contribution in [0.4, 0.5) is 5.82 Å². The van der Waals surface area contributed by atoms with Gasteiger partial charge in [0.15, 0.2) is 0 Å². The summed E-state index contributed by atoms with van der Waals surface area (Å²) in [6, 6.07) is 3.05. The number of nitrogens with zero attached hydrogens (tertiary/aromatic N) is 2. The van der Waals surface area contributed by atoms with Crippen LogP contribution >= 0.6 is 0 Å². The van der Waals surface area contributed by atoms with Gasteiger partial charge in [0.1, 0.15) is 11.4 Å². The zero-order valence-electron chi connectivity index (χ0n) is 10.9. The molecule has 98 valence electrons. The molecule has 0 saturated heterocycles. The average Bonchev–Trinajstić information content (AvgIpc) is 2.26. The molecular formula is C12H17N3O3. The number of hydrogen-bond donors (Lipinski definition) is 2. The molecule has 0 bridgehead atoms. The molecule has 0 atom stereocenters. The second-order valence-corrected chi connectivity index (χ2v) is 4.64. The summed E-state index contributed by atoms with van der Waals surface area (Å²) >= 11 is 0. The zero-order chi connectivity index (χ0) is 14.1. The molecule has 1 heterocycles. The van der Waals surface area contributed by atoms with E-state index in [4.69, 9.17) is 10.8 Å². The Kier molecular flexibility index (Phi) is 3.59. The monoisotopic (exact) mass is 251 g/mol. The van der Waals surface area contributed by atoms with E-state index in [0.29, 0.717) is 17.1 Å². The van der Waals surface area contributed by atoms with Gasteiger partial charge < -0.3 is 15.7 Å². The first kappa shape index (κ1) is 14.0. The molecular weight excluding hydrogens is 234 g/mol. The number of amides is 1. The number of rotatable bonds is 4. The van der Waals surface area contributed by atoms with Crippen LogP contribution in [-0.2, 0) is 4.79 Å². The quantitative estimate of drug-likeness (QED) is 0.824. The highest BCUT2D eigenvalue weighted by atomic mass is 16.4. The molecule has 6 heteroatoms. The Morgan fingerprint density at radius 2 is 1.94 bits per heavy atom. The van der Waals surface area contributed by atoms with Crippen molar-refractivity contribution in [2.75, 3.05) is 11.9 Å². The number of primary amides is 1. The normalized spacial score (nSPS) is 11.1. The molecule has 1 rings (SSSR count). The number of aryl methyl sites for hydroxylation is 1. The molecule has 3 N–H and O–H groups in total. The van der Waals surface area contributed by atoms with E-state index in [1.807, 2.05) is 0 Å². The van der Waals surface area contributed by atoms with Gasteiger partial charge in [0.25, 0.3) is 0 Å². The minimum atomic E-state index is -1.13. The van der Waals surface area contributed by atoms with Crippen LogP contribution < -0.4 is 10.6 Å². The van der Waals surface area contributed by atoms with Crippen molar-refractivity contribution in [2.24, 2.45) is 5.73 Å². The Hall–Kier alpha value is -2.11. The molecule has 0 unspecified atom stereocenters. The summed E-state index contributed by atoms with van der Waals surface area (Å²) in [5, 5.41) is 9.16. The van der Waals surface area contributed by atoms with Gasteiger partial charge in [-0.25, -0.2) is 9.78 Å². The zero-order valence-corrected chi connectivity index (χ0v) is 10.9. The van der Waals surface area contributed by atoms with Gasteiger partial charge in [0.2, 0.25) is 5.91 Å². The Bertz CT molecular complexity index is 497. The SMILES string of the molecule is Cc1cc(C(N)=O)cc(N(C)C(C)(C)C(=O)O)n1. The highest BCUT2D eigenvalue weighted by Crippen LogP contribution is 2.22. The highest BCUT2D eigenvalue weighted by molar-refractivity contribution is 5.94. The average molecular weight is 251 g/mol. The molecule has 0 saturated carbocycles. The number of likely N-dealkylation sites (N-methyl/N-ethyl adjacent to an activating group) is 1. The molecule has 6 nitrogen and oxygen atoms in total. The summed E-state index contributed by atoms with van der Waals surface area (Å²) in [6.45, 7) is 4.84. The van der Waals surface area contributed by atoms with Crippen LogP contribution in [0.15, 0.2) is 12.1 Å². The Labute approximate surface area is 105 Å². The van der Waals surface area contributed by atoms with Gasteiger partial charge >= 0.3 is 5.97 Å². The van der Waals surface area contributed by atoms with Crippen molar-refractivity contribution in [3.63, 3.8) is 0 Å². The largest absolute Gasteiger partial charge is 0.480 e. The van der Waals surface area contributed by atoms with Crippen molar-refractivity contribution in [3.05, 3.63) is 23.4 Å². The molecule has 0 aromatic carbocycles. The van der Waals surface area contributed by atoms with Crippen LogP contribution in [0.1, 0.15) is 29.9 Å². The molecule has 1 amide bonds. The van der Waals surface area contributed by atoms with Crippen LogP contribution in [-0.4, -0.2) is 34.6 Å². The number of aromatic nitrogens is 1. The van der Waals surface area contributed by atoms with E-state index in [1.54, 1.807) is 33.9 Å². The van der Waals surface area contributed by atoms with Crippen molar-refractivity contribution in [1.29, 1.82) is 0 Å². The van der Waals surface area contributed by atoms with Crippen molar-refractivity contribution >= 4 is 17.7 Å². The molecule has 0 aliphatic heterocycles. The number of carbonyl (C=O) groups is 2. The number of carboxylic acid groups (broad SMARTS) is 1. The lowest BCUT2D eigenvalue weighted by molar-refractivity contribution is -0.142. The lowest BCUT2D eigenvalue weighted by atomic mass is 10.0. The standard InChI is InChI=1S/C12H17N3O3/c1-7-5-8(10(13)16)6-9(14-7)15(4)12(2,3)11(17)18/h5-6H,1-4H3,(H2,13,16)(H,17,18). The smallest absolute Gasteiger partial charge is 0.328 e. The maximum Gasteiger partial charge on any atom is 0.328 e. The summed E-state index contributed by atoms with van der Waals surface area (Å²) in [6.07, 6.45) is 0. The van der Waals surface area contributed by atoms with Gasteiger partial charge in [-0.15, -0.1) is 0 Å². The van der Waals surface area contributed by atoms with E-state index in [2.05, 4.69) is 4.98 Å². The minimum Gasteiger partial charge on any atom is -0.480 e. The second-order valence-electron chi connectivity index (χ2n) is 4.64. The van der Waals surface area contributed by atoms with Gasteiger partial charge in [0.05, 0.1) is 0 Å². The van der Waals surface area contributed by atoms with Crippen LogP contribution in [0.2, 0.25) is 0 Å². The lowest BCUT2D eigenvalue weighted by Crippen LogP contribution is -2.48. The summed E-state index contributed by atoms with van der Waals surface area (Å²) < 4.78 is 0. The molecule has 0 fully saturated rings. The Morgan fingerprint density at radius 3 is 2.39 bits per heavy atom. The van der Waals surface area contributed by atoms with Crippen LogP contribution in [0, 0.1) is 6.92 Å². The van der Waals surface area contributed by atoms with Gasteiger partial charge in [-0.05, 0) is 32.9 Å². The van der Waals surface area contributed by atoms with Crippen molar-refractivity contribution in [1.82, 2.24) is 4.98 Å². The summed E-state index contributed by atoms with van der Waals surface area (Å²) in [5.74, 6) is -1.14. The molecule has 0 aliphatic carbocycles. The fourth-order valence-electron chi connectivity index (χ4n) is 1.39. The third kappa shape index (κ3) is 2.58. The van der Waals surface area contributed by atoms with Crippen molar-refractivity contribution in [3.8, 4) is 0 Å². The predicted octanol–water partition coefficient (Wildman–Crippen LogP) is 0.788. The molecule has 0 aliphatic rings. The van der Waals surface area contributed by atoms with E-state index in [0.717, 1.165) is 0 Å². The number of nitrogens with two attached hydrogens (primary N) is 1. The second kappa shape index (κ2) is 4.64. The number of aliphatic carboxylic acids is 1. The first-order valence-electron chi connectivity index (χ1n) is 5.42. The van der Waals surface area contributed by atoms with E-state index in [1.165, 1.54) is 11.0 Å². The van der Waals surface area contributed by atoms with Gasteiger partial charge in [-0.1, -0.05) is 0 Å². The Balaban J connectivity index is 3.25. The number of carbonyl (C=O) groups excluding carboxylic acids is 1. The van der Waals surface area contributed by atoms with Crippen molar-refractivity contribution < 1.29 is 14.7 Å². The van der Waals surface area contributed by atoms with E-state index in [-0.39, 0.29) is 0 Å². The molecule has 0 spiro atoms. The van der Waals surface area contributed by atoms with Crippen LogP contribution in [0.5, 0.6) is 0 Å². The third-order valence-corrected chi connectivity index (χ3v) is 2.93. The first-order valence-corrected chi connectivity index (χ1v) is 5.42. The van der Waals surface area contributed by atoms with Gasteiger partial charge in [-0.2, -0.15) is 0 Å². The number of hydrogen-bond acceptors (Lipinski definition) is 4. The summed E-state index contributed by atoms with van der Waals surface area (Å²) in [5.41, 5.74) is 5.01. The minimum absolute atomic E-state index is 0.311. The number of anilines is 1. The van der Waals surface area contributed by atoms with E-state index in [9.17, 15) is 9.59 Å². The topological polar surface area (TPSA) is 96.5 Å².